The highest BCUT2D eigenvalue weighted by Crippen LogP contribution is 2.44. The molecule has 1 aliphatic rings. The summed E-state index contributed by atoms with van der Waals surface area (Å²) in [5.74, 6) is 0. The van der Waals surface area contributed by atoms with Crippen LogP contribution in [-0.4, -0.2) is 14.9 Å². The van der Waals surface area contributed by atoms with Crippen LogP contribution in [-0.2, 0) is 0 Å². The van der Waals surface area contributed by atoms with Gasteiger partial charge in [0.25, 0.3) is 0 Å². The lowest BCUT2D eigenvalue weighted by molar-refractivity contribution is 0.957. The van der Waals surface area contributed by atoms with E-state index < -0.39 is 0 Å². The first kappa shape index (κ1) is 13.0. The van der Waals surface area contributed by atoms with Crippen molar-refractivity contribution < 1.29 is 0 Å². The minimum absolute atomic E-state index is 0.785. The Morgan fingerprint density at radius 3 is 2.68 bits per heavy atom. The lowest BCUT2D eigenvalue weighted by atomic mass is 10.1. The van der Waals surface area contributed by atoms with Gasteiger partial charge in [-0.15, -0.1) is 10.2 Å². The lowest BCUT2D eigenvalue weighted by Crippen LogP contribution is -2.11. The molecule has 0 unspecified atom stereocenters. The highest BCUT2D eigenvalue weighted by atomic mass is 32.2. The summed E-state index contributed by atoms with van der Waals surface area (Å²) in [5, 5.41) is 11.0. The first-order chi connectivity index (χ1) is 10.8. The molecule has 1 aliphatic heterocycles. The van der Waals surface area contributed by atoms with Crippen molar-refractivity contribution >= 4 is 28.8 Å². The zero-order valence-electron chi connectivity index (χ0n) is 11.7. The third-order valence-corrected chi connectivity index (χ3v) is 4.54. The number of anilines is 2. The van der Waals surface area contributed by atoms with E-state index >= 15 is 0 Å². The molecular formula is C16H13N5S. The van der Waals surface area contributed by atoms with Crippen LogP contribution < -0.4 is 10.7 Å². The molecule has 2 heterocycles. The lowest BCUT2D eigenvalue weighted by Gasteiger charge is -2.21. The van der Waals surface area contributed by atoms with Crippen molar-refractivity contribution in [1.29, 1.82) is 0 Å². The molecule has 1 aromatic heterocycles. The Morgan fingerprint density at radius 2 is 1.82 bits per heavy atom. The summed E-state index contributed by atoms with van der Waals surface area (Å²) >= 11 is 1.77. The average molecular weight is 307 g/mol. The smallest absolute Gasteiger partial charge is 0.139 e. The summed E-state index contributed by atoms with van der Waals surface area (Å²) in [6, 6.07) is 14.6. The molecule has 5 nitrogen and oxygen atoms in total. The number of rotatable bonds is 3. The molecule has 0 spiro atoms. The van der Waals surface area contributed by atoms with E-state index in [0.717, 1.165) is 22.6 Å². The van der Waals surface area contributed by atoms with Crippen molar-refractivity contribution in [2.24, 2.45) is 0 Å². The third-order valence-electron chi connectivity index (χ3n) is 3.39. The molecule has 6 heteroatoms. The van der Waals surface area contributed by atoms with Crippen molar-refractivity contribution in [3.63, 3.8) is 0 Å². The second-order valence-corrected chi connectivity index (χ2v) is 5.98. The van der Waals surface area contributed by atoms with Crippen LogP contribution in [0.2, 0.25) is 0 Å². The fraction of sp³-hybridized carbons (Fsp3) is 0. The molecule has 2 N–H and O–H groups in total. The van der Waals surface area contributed by atoms with E-state index in [1.807, 2.05) is 6.07 Å². The topological polar surface area (TPSA) is 54.8 Å². The summed E-state index contributed by atoms with van der Waals surface area (Å²) in [5.41, 5.74) is 7.15. The number of nitrogens with zero attached hydrogens (tertiary/aromatic N) is 3. The van der Waals surface area contributed by atoms with Crippen molar-refractivity contribution in [3.05, 3.63) is 67.3 Å². The molecule has 0 radical (unpaired) electrons. The zero-order chi connectivity index (χ0) is 14.9. The maximum absolute atomic E-state index is 4.07. The Balaban J connectivity index is 1.61. The van der Waals surface area contributed by atoms with Crippen LogP contribution in [0.15, 0.2) is 71.5 Å². The van der Waals surface area contributed by atoms with E-state index in [9.17, 15) is 0 Å². The van der Waals surface area contributed by atoms with E-state index in [1.165, 1.54) is 9.79 Å². The van der Waals surface area contributed by atoms with Gasteiger partial charge in [0.2, 0.25) is 0 Å². The Labute approximate surface area is 132 Å². The maximum atomic E-state index is 4.07. The van der Waals surface area contributed by atoms with Gasteiger partial charge in [-0.1, -0.05) is 36.5 Å². The molecule has 3 aromatic rings. The fourth-order valence-corrected chi connectivity index (χ4v) is 3.27. The average Bonchev–Trinajstić information content (AvgIpc) is 3.05. The quantitative estimate of drug-likeness (QED) is 0.604. The number of para-hydroxylation sites is 1. The summed E-state index contributed by atoms with van der Waals surface area (Å²) in [6.45, 7) is 4.07. The number of aromatic nitrogens is 3. The molecule has 108 valence electrons. The maximum Gasteiger partial charge on any atom is 0.139 e. The molecular weight excluding hydrogens is 294 g/mol. The van der Waals surface area contributed by atoms with Gasteiger partial charge >= 0.3 is 0 Å². The molecule has 0 saturated carbocycles. The van der Waals surface area contributed by atoms with Gasteiger partial charge in [0, 0.05) is 15.4 Å². The van der Waals surface area contributed by atoms with Gasteiger partial charge < -0.3 is 5.32 Å². The summed E-state index contributed by atoms with van der Waals surface area (Å²) in [6.07, 6.45) is 3.18. The SMILES string of the molecule is C=C(Nn1cnnc1)c1ccc2c(c1)Nc1ccccc1S2. The molecule has 0 aliphatic carbocycles. The van der Waals surface area contributed by atoms with Crippen LogP contribution in [0.25, 0.3) is 5.70 Å². The highest BCUT2D eigenvalue weighted by Gasteiger charge is 2.15. The van der Waals surface area contributed by atoms with Gasteiger partial charge in [-0.25, -0.2) is 4.68 Å². The van der Waals surface area contributed by atoms with E-state index in [-0.39, 0.29) is 0 Å². The minimum Gasteiger partial charge on any atom is -0.354 e. The Morgan fingerprint density at radius 1 is 1.05 bits per heavy atom. The van der Waals surface area contributed by atoms with Crippen LogP contribution in [0.1, 0.15) is 5.56 Å². The van der Waals surface area contributed by atoms with Gasteiger partial charge in [-0.2, -0.15) is 0 Å². The van der Waals surface area contributed by atoms with Crippen LogP contribution in [0.3, 0.4) is 0 Å². The normalized spacial score (nSPS) is 12.0. The highest BCUT2D eigenvalue weighted by molar-refractivity contribution is 7.99. The number of benzene rings is 2. The molecule has 0 saturated heterocycles. The van der Waals surface area contributed by atoms with Gasteiger partial charge in [-0.3, -0.25) is 5.43 Å². The number of fused-ring (bicyclic) bond motifs is 2. The second-order valence-electron chi connectivity index (χ2n) is 4.89. The Kier molecular flexibility index (Phi) is 3.08. The fourth-order valence-electron chi connectivity index (χ4n) is 2.31. The number of hydrogen-bond donors (Lipinski definition) is 2. The molecule has 4 rings (SSSR count). The predicted molar refractivity (Wildman–Crippen MR) is 88.7 cm³/mol. The number of hydrogen-bond acceptors (Lipinski definition) is 5. The molecule has 0 atom stereocenters. The van der Waals surface area contributed by atoms with Crippen molar-refractivity contribution in [2.75, 3.05) is 10.7 Å². The van der Waals surface area contributed by atoms with Crippen molar-refractivity contribution in [1.82, 2.24) is 14.9 Å². The van der Waals surface area contributed by atoms with E-state index in [0.29, 0.717) is 0 Å². The third kappa shape index (κ3) is 2.33. The van der Waals surface area contributed by atoms with Gasteiger partial charge in [0.15, 0.2) is 0 Å². The minimum atomic E-state index is 0.785. The molecule has 0 amide bonds. The summed E-state index contributed by atoms with van der Waals surface area (Å²) in [4.78, 5) is 2.45. The second kappa shape index (κ2) is 5.23. The standard InChI is InChI=1S/C16H13N5S/c1-11(20-21-9-17-18-10-21)12-6-7-16-14(8-12)19-13-4-2-3-5-15(13)22-16/h2-10,19-20H,1H2. The monoisotopic (exact) mass is 307 g/mol. The molecule has 2 aromatic carbocycles. The zero-order valence-corrected chi connectivity index (χ0v) is 12.5. The Hall–Kier alpha value is -2.73. The van der Waals surface area contributed by atoms with E-state index in [2.05, 4.69) is 63.9 Å². The first-order valence-electron chi connectivity index (χ1n) is 6.78. The Bertz CT molecular complexity index is 842. The summed E-state index contributed by atoms with van der Waals surface area (Å²) in [7, 11) is 0. The predicted octanol–water partition coefficient (Wildman–Crippen LogP) is 3.70. The van der Waals surface area contributed by atoms with Gasteiger partial charge in [-0.05, 0) is 24.3 Å². The molecule has 22 heavy (non-hydrogen) atoms. The van der Waals surface area contributed by atoms with Crippen LogP contribution in [0, 0.1) is 0 Å². The first-order valence-corrected chi connectivity index (χ1v) is 7.60. The number of nitrogens with one attached hydrogen (secondary N) is 2. The van der Waals surface area contributed by atoms with Gasteiger partial charge in [0.05, 0.1) is 17.1 Å². The van der Waals surface area contributed by atoms with E-state index in [4.69, 9.17) is 0 Å². The van der Waals surface area contributed by atoms with Crippen LogP contribution >= 0.6 is 11.8 Å². The molecule has 0 fully saturated rings. The van der Waals surface area contributed by atoms with Crippen LogP contribution in [0.5, 0.6) is 0 Å². The van der Waals surface area contributed by atoms with Crippen LogP contribution in [0.4, 0.5) is 11.4 Å². The van der Waals surface area contributed by atoms with Gasteiger partial charge in [0.1, 0.15) is 12.7 Å². The largest absolute Gasteiger partial charge is 0.354 e. The molecule has 0 bridgehead atoms. The van der Waals surface area contributed by atoms with Crippen molar-refractivity contribution in [3.8, 4) is 0 Å². The van der Waals surface area contributed by atoms with Crippen molar-refractivity contribution in [2.45, 2.75) is 9.79 Å². The van der Waals surface area contributed by atoms with E-state index in [1.54, 1.807) is 29.1 Å². The summed E-state index contributed by atoms with van der Waals surface area (Å²) < 4.78 is 1.67.